The molecule has 1 aromatic carbocycles. The lowest BCUT2D eigenvalue weighted by atomic mass is 10.1. The summed E-state index contributed by atoms with van der Waals surface area (Å²) in [5.74, 6) is -2.14. The smallest absolute Gasteiger partial charge is 0.399 e. The lowest BCUT2D eigenvalue weighted by Crippen LogP contribution is -2.24. The summed E-state index contributed by atoms with van der Waals surface area (Å²) in [5.41, 5.74) is 0.362. The van der Waals surface area contributed by atoms with Crippen molar-refractivity contribution < 1.29 is 27.2 Å². The molecule has 114 valence electrons. The largest absolute Gasteiger partial charge is 0.471 e. The molecule has 0 heterocycles. The van der Waals surface area contributed by atoms with Gasteiger partial charge in [-0.05, 0) is 17.7 Å². The Morgan fingerprint density at radius 2 is 1.90 bits per heavy atom. The molecule has 5 nitrogen and oxygen atoms in total. The van der Waals surface area contributed by atoms with Crippen LogP contribution in [0.4, 0.5) is 17.6 Å². The number of alkyl halides is 3. The fourth-order valence-corrected chi connectivity index (χ4v) is 1.19. The van der Waals surface area contributed by atoms with Gasteiger partial charge in [0.1, 0.15) is 12.9 Å². The fraction of sp³-hybridized carbons (Fsp3) is 0.250. The highest BCUT2D eigenvalue weighted by molar-refractivity contribution is 5.85. The second-order valence-electron chi connectivity index (χ2n) is 3.55. The Balaban J connectivity index is 2.78. The third kappa shape index (κ3) is 5.21. The standard InChI is InChI=1S/C12H11F4N3O2/c1-17-11(12(14,15)16)21-19-6-8-3-4-9(7-18-20-2)10(13)5-8/h3-7H,1-2H3/b17-11?,18-7-,19-6+. The maximum Gasteiger partial charge on any atom is 0.471 e. The first kappa shape index (κ1) is 16.6. The van der Waals surface area contributed by atoms with Crippen LogP contribution in [0, 0.1) is 5.82 Å². The van der Waals surface area contributed by atoms with E-state index in [1.165, 1.54) is 19.2 Å². The molecule has 0 N–H and O–H groups in total. The number of hydrogen-bond acceptors (Lipinski definition) is 5. The quantitative estimate of drug-likeness (QED) is 0.372. The van der Waals surface area contributed by atoms with Gasteiger partial charge in [0.2, 0.25) is 0 Å². The normalized spacial score (nSPS) is 13.1. The van der Waals surface area contributed by atoms with Crippen molar-refractivity contribution in [2.75, 3.05) is 14.2 Å². The molecule has 0 unspecified atom stereocenters. The SMILES string of the molecule is CN=C(O/N=C/c1ccc(/C=N\OC)c(F)c1)C(F)(F)F. The van der Waals surface area contributed by atoms with Crippen LogP contribution in [0.3, 0.4) is 0 Å². The van der Waals surface area contributed by atoms with Gasteiger partial charge in [0.25, 0.3) is 0 Å². The summed E-state index contributed by atoms with van der Waals surface area (Å²) >= 11 is 0. The Morgan fingerprint density at radius 1 is 1.19 bits per heavy atom. The van der Waals surface area contributed by atoms with Gasteiger partial charge in [-0.2, -0.15) is 13.2 Å². The van der Waals surface area contributed by atoms with E-state index in [9.17, 15) is 17.6 Å². The van der Waals surface area contributed by atoms with Crippen LogP contribution < -0.4 is 0 Å². The molecule has 0 amide bonds. The summed E-state index contributed by atoms with van der Waals surface area (Å²) in [6, 6.07) is 3.83. The monoisotopic (exact) mass is 305 g/mol. The zero-order chi connectivity index (χ0) is 15.9. The van der Waals surface area contributed by atoms with E-state index in [1.54, 1.807) is 0 Å². The number of benzene rings is 1. The number of aliphatic imine (C=N–C) groups is 1. The maximum absolute atomic E-state index is 13.6. The zero-order valence-corrected chi connectivity index (χ0v) is 11.1. The van der Waals surface area contributed by atoms with E-state index in [2.05, 4.69) is 25.0 Å². The molecule has 0 spiro atoms. The minimum Gasteiger partial charge on any atom is -0.399 e. The van der Waals surface area contributed by atoms with Crippen LogP contribution in [0.15, 0.2) is 33.5 Å². The maximum atomic E-state index is 13.6. The van der Waals surface area contributed by atoms with Gasteiger partial charge in [-0.25, -0.2) is 9.38 Å². The predicted octanol–water partition coefficient (Wildman–Crippen LogP) is 2.75. The number of oxime groups is 2. The summed E-state index contributed by atoms with van der Waals surface area (Å²) in [6.07, 6.45) is -2.66. The molecule has 0 aliphatic heterocycles. The Hall–Kier alpha value is -2.45. The number of hydrogen-bond donors (Lipinski definition) is 0. The molecule has 1 aromatic rings. The molecule has 9 heteroatoms. The number of halogens is 4. The summed E-state index contributed by atoms with van der Waals surface area (Å²) < 4.78 is 50.4. The van der Waals surface area contributed by atoms with E-state index < -0.39 is 17.9 Å². The average Bonchev–Trinajstić information content (AvgIpc) is 2.41. The van der Waals surface area contributed by atoms with E-state index >= 15 is 0 Å². The summed E-state index contributed by atoms with van der Waals surface area (Å²) in [6.45, 7) is 0. The van der Waals surface area contributed by atoms with Gasteiger partial charge in [-0.15, -0.1) is 0 Å². The molecule has 21 heavy (non-hydrogen) atoms. The second-order valence-corrected chi connectivity index (χ2v) is 3.55. The van der Waals surface area contributed by atoms with E-state index in [4.69, 9.17) is 0 Å². The van der Waals surface area contributed by atoms with Crippen molar-refractivity contribution in [2.24, 2.45) is 15.3 Å². The molecule has 0 bridgehead atoms. The van der Waals surface area contributed by atoms with Gasteiger partial charge in [0, 0.05) is 12.6 Å². The van der Waals surface area contributed by atoms with E-state index in [0.717, 1.165) is 25.5 Å². The molecule has 1 rings (SSSR count). The summed E-state index contributed by atoms with van der Waals surface area (Å²) in [4.78, 5) is 11.4. The van der Waals surface area contributed by atoms with Crippen molar-refractivity contribution in [3.05, 3.63) is 35.1 Å². The second kappa shape index (κ2) is 7.36. The van der Waals surface area contributed by atoms with Crippen LogP contribution in [0.25, 0.3) is 0 Å². The van der Waals surface area contributed by atoms with Gasteiger partial charge in [0.15, 0.2) is 0 Å². The molecule has 0 radical (unpaired) electrons. The summed E-state index contributed by atoms with van der Waals surface area (Å²) in [7, 11) is 2.22. The fourth-order valence-electron chi connectivity index (χ4n) is 1.19. The molecule has 0 atom stereocenters. The van der Waals surface area contributed by atoms with E-state index in [0.29, 0.717) is 0 Å². The Labute approximate surface area is 117 Å². The third-order valence-electron chi connectivity index (χ3n) is 2.11. The predicted molar refractivity (Wildman–Crippen MR) is 69.1 cm³/mol. The molecule has 0 aliphatic rings. The average molecular weight is 305 g/mol. The summed E-state index contributed by atoms with van der Waals surface area (Å²) in [5, 5.41) is 6.50. The Morgan fingerprint density at radius 3 is 2.43 bits per heavy atom. The highest BCUT2D eigenvalue weighted by atomic mass is 19.4. The first-order chi connectivity index (χ1) is 9.88. The molecule has 0 saturated carbocycles. The molecule has 0 aromatic heterocycles. The first-order valence-electron chi connectivity index (χ1n) is 5.49. The van der Waals surface area contributed by atoms with E-state index in [1.807, 2.05) is 0 Å². The van der Waals surface area contributed by atoms with Gasteiger partial charge in [0.05, 0.1) is 12.4 Å². The van der Waals surface area contributed by atoms with Crippen molar-refractivity contribution >= 4 is 18.3 Å². The molecular weight excluding hydrogens is 294 g/mol. The van der Waals surface area contributed by atoms with Crippen LogP contribution in [0.1, 0.15) is 11.1 Å². The molecule has 0 fully saturated rings. The Kier molecular flexibility index (Phi) is 5.82. The lowest BCUT2D eigenvalue weighted by Gasteiger charge is -2.05. The Bertz CT molecular complexity index is 568. The molecule has 0 aliphatic carbocycles. The van der Waals surface area contributed by atoms with Crippen molar-refractivity contribution in [3.63, 3.8) is 0 Å². The highest BCUT2D eigenvalue weighted by Crippen LogP contribution is 2.18. The van der Waals surface area contributed by atoms with Crippen molar-refractivity contribution in [2.45, 2.75) is 6.18 Å². The van der Waals surface area contributed by atoms with Crippen LogP contribution in [0.5, 0.6) is 0 Å². The van der Waals surface area contributed by atoms with Crippen LogP contribution in [0.2, 0.25) is 0 Å². The van der Waals surface area contributed by atoms with Crippen molar-refractivity contribution in [1.29, 1.82) is 0 Å². The van der Waals surface area contributed by atoms with Crippen LogP contribution in [-0.2, 0) is 9.68 Å². The zero-order valence-electron chi connectivity index (χ0n) is 11.1. The van der Waals surface area contributed by atoms with Gasteiger partial charge in [-0.3, -0.25) is 0 Å². The topological polar surface area (TPSA) is 55.5 Å². The van der Waals surface area contributed by atoms with Crippen LogP contribution >= 0.6 is 0 Å². The number of rotatable bonds is 4. The molecule has 0 saturated heterocycles. The van der Waals surface area contributed by atoms with Gasteiger partial charge in [-0.1, -0.05) is 16.4 Å². The minimum absolute atomic E-state index is 0.154. The highest BCUT2D eigenvalue weighted by Gasteiger charge is 2.38. The van der Waals surface area contributed by atoms with Gasteiger partial charge >= 0.3 is 12.1 Å². The van der Waals surface area contributed by atoms with Crippen LogP contribution in [-0.4, -0.2) is 38.7 Å². The van der Waals surface area contributed by atoms with Crippen molar-refractivity contribution in [3.8, 4) is 0 Å². The first-order valence-corrected chi connectivity index (χ1v) is 5.49. The van der Waals surface area contributed by atoms with Crippen molar-refractivity contribution in [1.82, 2.24) is 0 Å². The van der Waals surface area contributed by atoms with Gasteiger partial charge < -0.3 is 9.68 Å². The third-order valence-corrected chi connectivity index (χ3v) is 2.11. The lowest BCUT2D eigenvalue weighted by molar-refractivity contribution is -0.0781. The minimum atomic E-state index is -4.74. The number of nitrogens with zero attached hydrogens (tertiary/aromatic N) is 3. The van der Waals surface area contributed by atoms with E-state index in [-0.39, 0.29) is 11.1 Å². The molecular formula is C12H11F4N3O2.